The van der Waals surface area contributed by atoms with Crippen LogP contribution in [-0.2, 0) is 5.60 Å². The Morgan fingerprint density at radius 1 is 1.14 bits per heavy atom. The molecule has 1 atom stereocenters. The third-order valence-corrected chi connectivity index (χ3v) is 5.47. The minimum atomic E-state index is -0.959. The lowest BCUT2D eigenvalue weighted by Crippen LogP contribution is -2.28. The topological polar surface area (TPSA) is 45.1 Å². The molecule has 0 radical (unpaired) electrons. The molecular weight excluding hydrogens is 360 g/mol. The zero-order valence-corrected chi connectivity index (χ0v) is 17.8. The van der Waals surface area contributed by atoms with Crippen molar-refractivity contribution < 1.29 is 9.84 Å². The van der Waals surface area contributed by atoms with Gasteiger partial charge in [0.2, 0.25) is 0 Å². The smallest absolute Gasteiger partial charge is 0.130 e. The van der Waals surface area contributed by atoms with Crippen LogP contribution < -0.4 is 4.74 Å². The largest absolute Gasteiger partial charge is 0.457 e. The van der Waals surface area contributed by atoms with Gasteiger partial charge in [-0.2, -0.15) is 0 Å². The van der Waals surface area contributed by atoms with Gasteiger partial charge in [0.15, 0.2) is 0 Å². The molecule has 4 nitrogen and oxygen atoms in total. The SMILES string of the molecule is C=CCC(C)(O)c1cccc(Oc2cc(C)c(N=CN3CCCCC3)cc2C)c1. The highest BCUT2D eigenvalue weighted by molar-refractivity contribution is 5.65. The van der Waals surface area contributed by atoms with Crippen LogP contribution in [0.15, 0.2) is 54.0 Å². The first kappa shape index (κ1) is 21.1. The summed E-state index contributed by atoms with van der Waals surface area (Å²) < 4.78 is 6.15. The lowest BCUT2D eigenvalue weighted by molar-refractivity contribution is 0.0604. The summed E-state index contributed by atoms with van der Waals surface area (Å²) >= 11 is 0. The maximum atomic E-state index is 10.6. The van der Waals surface area contributed by atoms with Gasteiger partial charge in [-0.15, -0.1) is 6.58 Å². The first-order valence-electron chi connectivity index (χ1n) is 10.4. The Labute approximate surface area is 174 Å². The van der Waals surface area contributed by atoms with E-state index in [1.807, 2.05) is 43.6 Å². The standard InChI is InChI=1S/C25H32N2O2/c1-5-12-25(4,28)21-10-9-11-22(17-21)29-24-16-19(2)23(15-20(24)3)26-18-27-13-7-6-8-14-27/h5,9-11,15-18,28H,1,6-8,12-14H2,2-4H3. The molecule has 1 unspecified atom stereocenters. The monoisotopic (exact) mass is 392 g/mol. The van der Waals surface area contributed by atoms with E-state index in [9.17, 15) is 5.11 Å². The number of benzene rings is 2. The van der Waals surface area contributed by atoms with Gasteiger partial charge in [0.25, 0.3) is 0 Å². The lowest BCUT2D eigenvalue weighted by atomic mass is 9.92. The molecule has 0 saturated carbocycles. The molecular formula is C25H32N2O2. The van der Waals surface area contributed by atoms with Crippen molar-refractivity contribution in [1.82, 2.24) is 4.90 Å². The maximum Gasteiger partial charge on any atom is 0.130 e. The van der Waals surface area contributed by atoms with E-state index in [4.69, 9.17) is 9.73 Å². The lowest BCUT2D eigenvalue weighted by Gasteiger charge is -2.24. The van der Waals surface area contributed by atoms with Gasteiger partial charge in [-0.1, -0.05) is 18.2 Å². The van der Waals surface area contributed by atoms with Crippen molar-refractivity contribution in [3.8, 4) is 11.5 Å². The summed E-state index contributed by atoms with van der Waals surface area (Å²) in [6, 6.07) is 11.7. The van der Waals surface area contributed by atoms with E-state index in [1.54, 1.807) is 13.0 Å². The molecule has 1 aliphatic heterocycles. The van der Waals surface area contributed by atoms with Crippen molar-refractivity contribution in [2.24, 2.45) is 4.99 Å². The van der Waals surface area contributed by atoms with E-state index >= 15 is 0 Å². The van der Waals surface area contributed by atoms with Crippen molar-refractivity contribution >= 4 is 12.0 Å². The van der Waals surface area contributed by atoms with Gasteiger partial charge in [0.05, 0.1) is 17.6 Å². The summed E-state index contributed by atoms with van der Waals surface area (Å²) in [4.78, 5) is 7.00. The maximum absolute atomic E-state index is 10.6. The third kappa shape index (κ3) is 5.48. The Hall–Kier alpha value is -2.59. The second-order valence-electron chi connectivity index (χ2n) is 8.14. The molecule has 0 aliphatic carbocycles. The molecule has 3 rings (SSSR count). The number of piperidine rings is 1. The predicted molar refractivity (Wildman–Crippen MR) is 120 cm³/mol. The van der Waals surface area contributed by atoms with Crippen LogP contribution >= 0.6 is 0 Å². The Kier molecular flexibility index (Phi) is 6.75. The number of likely N-dealkylation sites (tertiary alicyclic amines) is 1. The third-order valence-electron chi connectivity index (χ3n) is 5.47. The molecule has 2 aromatic carbocycles. The van der Waals surface area contributed by atoms with Crippen LogP contribution in [0.5, 0.6) is 11.5 Å². The average Bonchev–Trinajstić information content (AvgIpc) is 2.70. The molecule has 4 heteroatoms. The van der Waals surface area contributed by atoms with E-state index in [-0.39, 0.29) is 0 Å². The number of nitrogens with zero attached hydrogens (tertiary/aromatic N) is 2. The normalized spacial score (nSPS) is 16.6. The fourth-order valence-corrected chi connectivity index (χ4v) is 3.62. The zero-order chi connectivity index (χ0) is 20.9. The fraction of sp³-hybridized carbons (Fsp3) is 0.400. The van der Waals surface area contributed by atoms with E-state index < -0.39 is 5.60 Å². The molecule has 29 heavy (non-hydrogen) atoms. The van der Waals surface area contributed by atoms with Crippen molar-refractivity contribution in [2.45, 2.75) is 52.1 Å². The molecule has 1 fully saturated rings. The second kappa shape index (κ2) is 9.27. The Bertz CT molecular complexity index is 880. The average molecular weight is 393 g/mol. The number of hydrogen-bond acceptors (Lipinski definition) is 3. The molecule has 0 spiro atoms. The number of aliphatic hydroxyl groups is 1. The minimum absolute atomic E-state index is 0.484. The Balaban J connectivity index is 1.77. The number of rotatable bonds is 7. The van der Waals surface area contributed by atoms with Crippen LogP contribution in [0.2, 0.25) is 0 Å². The van der Waals surface area contributed by atoms with Gasteiger partial charge < -0.3 is 14.7 Å². The number of aryl methyl sites for hydroxylation is 2. The van der Waals surface area contributed by atoms with Crippen molar-refractivity contribution in [2.75, 3.05) is 13.1 Å². The molecule has 1 heterocycles. The Morgan fingerprint density at radius 3 is 2.62 bits per heavy atom. The van der Waals surface area contributed by atoms with Crippen LogP contribution in [0.4, 0.5) is 5.69 Å². The number of ether oxygens (including phenoxy) is 1. The fourth-order valence-electron chi connectivity index (χ4n) is 3.62. The molecule has 2 aromatic rings. The minimum Gasteiger partial charge on any atom is -0.457 e. The highest BCUT2D eigenvalue weighted by Crippen LogP contribution is 2.33. The molecule has 1 saturated heterocycles. The summed E-state index contributed by atoms with van der Waals surface area (Å²) in [6.07, 6.45) is 8.00. The summed E-state index contributed by atoms with van der Waals surface area (Å²) in [7, 11) is 0. The van der Waals surface area contributed by atoms with E-state index in [0.717, 1.165) is 41.2 Å². The second-order valence-corrected chi connectivity index (χ2v) is 8.14. The van der Waals surface area contributed by atoms with Crippen molar-refractivity contribution in [3.63, 3.8) is 0 Å². The quantitative estimate of drug-likeness (QED) is 0.356. The predicted octanol–water partition coefficient (Wildman–Crippen LogP) is 6.03. The summed E-state index contributed by atoms with van der Waals surface area (Å²) in [5, 5.41) is 10.6. The number of hydrogen-bond donors (Lipinski definition) is 1. The first-order valence-corrected chi connectivity index (χ1v) is 10.4. The van der Waals surface area contributed by atoms with Crippen LogP contribution in [0.25, 0.3) is 0 Å². The van der Waals surface area contributed by atoms with Crippen LogP contribution in [0, 0.1) is 13.8 Å². The van der Waals surface area contributed by atoms with E-state index in [1.165, 1.54) is 19.3 Å². The van der Waals surface area contributed by atoms with Gasteiger partial charge in [-0.3, -0.25) is 0 Å². The first-order chi connectivity index (χ1) is 13.9. The van der Waals surface area contributed by atoms with E-state index in [0.29, 0.717) is 12.2 Å². The Morgan fingerprint density at radius 2 is 1.90 bits per heavy atom. The summed E-state index contributed by atoms with van der Waals surface area (Å²) in [5.74, 6) is 1.51. The van der Waals surface area contributed by atoms with Crippen LogP contribution in [0.3, 0.4) is 0 Å². The molecule has 154 valence electrons. The highest BCUT2D eigenvalue weighted by Gasteiger charge is 2.21. The van der Waals surface area contributed by atoms with Gasteiger partial charge in [-0.05, 0) is 87.4 Å². The van der Waals surface area contributed by atoms with E-state index in [2.05, 4.69) is 24.5 Å². The zero-order valence-electron chi connectivity index (χ0n) is 17.8. The van der Waals surface area contributed by atoms with Crippen LogP contribution in [-0.4, -0.2) is 29.4 Å². The van der Waals surface area contributed by atoms with Gasteiger partial charge >= 0.3 is 0 Å². The van der Waals surface area contributed by atoms with Gasteiger partial charge in [0, 0.05) is 13.1 Å². The van der Waals surface area contributed by atoms with Crippen LogP contribution in [0.1, 0.15) is 49.3 Å². The van der Waals surface area contributed by atoms with Gasteiger partial charge in [0.1, 0.15) is 11.5 Å². The summed E-state index contributed by atoms with van der Waals surface area (Å²) in [5.41, 5.74) is 2.94. The number of aliphatic imine (C=N–C) groups is 1. The van der Waals surface area contributed by atoms with Crippen molar-refractivity contribution in [3.05, 3.63) is 65.7 Å². The molecule has 0 bridgehead atoms. The molecule has 0 amide bonds. The molecule has 0 aromatic heterocycles. The highest BCUT2D eigenvalue weighted by atomic mass is 16.5. The summed E-state index contributed by atoms with van der Waals surface area (Å²) in [6.45, 7) is 11.8. The van der Waals surface area contributed by atoms with Gasteiger partial charge in [-0.25, -0.2) is 4.99 Å². The molecule has 1 N–H and O–H groups in total. The van der Waals surface area contributed by atoms with Crippen molar-refractivity contribution in [1.29, 1.82) is 0 Å². The molecule has 1 aliphatic rings.